The fourth-order valence-electron chi connectivity index (χ4n) is 5.67. The molecule has 0 spiro atoms. The summed E-state index contributed by atoms with van der Waals surface area (Å²) in [4.78, 5) is 29.5. The van der Waals surface area contributed by atoms with Crippen LogP contribution >= 0.6 is 0 Å². The van der Waals surface area contributed by atoms with Gasteiger partial charge in [-0.25, -0.2) is 4.79 Å². The minimum Gasteiger partial charge on any atom is -0.461 e. The highest BCUT2D eigenvalue weighted by Crippen LogP contribution is 2.38. The maximum absolute atomic E-state index is 13.4. The summed E-state index contributed by atoms with van der Waals surface area (Å²) in [6.45, 7) is 8.79. The summed E-state index contributed by atoms with van der Waals surface area (Å²) in [5.41, 5.74) is 5.70. The van der Waals surface area contributed by atoms with E-state index in [1.165, 1.54) is 43.2 Å². The lowest BCUT2D eigenvalue weighted by molar-refractivity contribution is 0.0518. The Balaban J connectivity index is 1.60. The molecular formula is C29H39NO3. The van der Waals surface area contributed by atoms with Crippen LogP contribution in [0.25, 0.3) is 0 Å². The van der Waals surface area contributed by atoms with Gasteiger partial charge in [-0.15, -0.1) is 0 Å². The van der Waals surface area contributed by atoms with Crippen LogP contribution in [0, 0.1) is 5.92 Å². The van der Waals surface area contributed by atoms with Gasteiger partial charge in [-0.1, -0.05) is 77.1 Å². The van der Waals surface area contributed by atoms with E-state index in [-0.39, 0.29) is 23.1 Å². The molecule has 2 aliphatic rings. The molecule has 1 saturated carbocycles. The Morgan fingerprint density at radius 3 is 2.39 bits per heavy atom. The van der Waals surface area contributed by atoms with E-state index in [1.807, 2.05) is 6.92 Å². The molecule has 1 N–H and O–H groups in total. The first-order valence-electron chi connectivity index (χ1n) is 12.8. The predicted molar refractivity (Wildman–Crippen MR) is 132 cm³/mol. The van der Waals surface area contributed by atoms with Crippen LogP contribution in [-0.4, -0.2) is 23.3 Å². The molecule has 1 atom stereocenters. The second-order valence-electron chi connectivity index (χ2n) is 11.0. The van der Waals surface area contributed by atoms with Crippen molar-refractivity contribution in [1.29, 1.82) is 0 Å². The number of rotatable bonds is 6. The molecule has 0 radical (unpaired) electrons. The number of hydrogen-bond acceptors (Lipinski definition) is 3. The van der Waals surface area contributed by atoms with Gasteiger partial charge in [-0.05, 0) is 60.1 Å². The van der Waals surface area contributed by atoms with Crippen LogP contribution in [0.4, 0.5) is 0 Å². The maximum atomic E-state index is 13.4. The number of carbonyl (C=O) groups excluding carboxylic acids is 2. The van der Waals surface area contributed by atoms with Gasteiger partial charge in [0.2, 0.25) is 0 Å². The van der Waals surface area contributed by atoms with Gasteiger partial charge in [-0.2, -0.15) is 0 Å². The van der Waals surface area contributed by atoms with E-state index in [4.69, 9.17) is 4.74 Å². The van der Waals surface area contributed by atoms with Gasteiger partial charge in [0, 0.05) is 17.7 Å². The summed E-state index contributed by atoms with van der Waals surface area (Å²) < 4.78 is 5.35. The Hall–Kier alpha value is -2.36. The molecule has 2 aliphatic carbocycles. The summed E-state index contributed by atoms with van der Waals surface area (Å²) in [5.74, 6) is 0.669. The first-order chi connectivity index (χ1) is 15.8. The third-order valence-electron chi connectivity index (χ3n) is 7.60. The number of hydrogen-bond donors (Lipinski definition) is 1. The van der Waals surface area contributed by atoms with Crippen molar-refractivity contribution in [2.24, 2.45) is 5.92 Å². The number of ether oxygens (including phenoxy) is 1. The molecule has 33 heavy (non-hydrogen) atoms. The fraction of sp³-hybridized carbons (Fsp3) is 0.586. The number of nitrogens with one attached hydrogen (secondary N) is 1. The molecule has 4 heteroatoms. The minimum atomic E-state index is -0.329. The van der Waals surface area contributed by atoms with Crippen LogP contribution in [0.15, 0.2) is 24.3 Å². The molecule has 1 aromatic heterocycles. The zero-order chi connectivity index (χ0) is 23.6. The Labute approximate surface area is 198 Å². The standard InChI is InChI=1S/C29H39NO3/c1-5-33-28(32)27-23(16-11-19-9-7-6-8-10-19)26-24(30-27)17-21(18-25(26)31)20-12-14-22(15-13-20)29(2,3)4/h12-15,19,21,30H,5-11,16-18H2,1-4H3/t21-/m1/s1. The van der Waals surface area contributed by atoms with E-state index < -0.39 is 0 Å². The fourth-order valence-corrected chi connectivity index (χ4v) is 5.67. The van der Waals surface area contributed by atoms with Gasteiger partial charge in [0.25, 0.3) is 0 Å². The van der Waals surface area contributed by atoms with Crippen molar-refractivity contribution in [2.75, 3.05) is 6.61 Å². The number of H-pyrrole nitrogens is 1. The quantitative estimate of drug-likeness (QED) is 0.487. The van der Waals surface area contributed by atoms with Gasteiger partial charge in [-0.3, -0.25) is 4.79 Å². The Bertz CT molecular complexity index is 987. The zero-order valence-electron chi connectivity index (χ0n) is 20.8. The lowest BCUT2D eigenvalue weighted by Gasteiger charge is -2.25. The molecular weight excluding hydrogens is 410 g/mol. The lowest BCUT2D eigenvalue weighted by Crippen LogP contribution is -2.20. The van der Waals surface area contributed by atoms with Crippen molar-refractivity contribution in [3.63, 3.8) is 0 Å². The second-order valence-corrected chi connectivity index (χ2v) is 11.0. The van der Waals surface area contributed by atoms with E-state index in [1.54, 1.807) is 0 Å². The summed E-state index contributed by atoms with van der Waals surface area (Å²) in [5, 5.41) is 0. The van der Waals surface area contributed by atoms with E-state index in [2.05, 4.69) is 50.0 Å². The van der Waals surface area contributed by atoms with Gasteiger partial charge in [0.05, 0.1) is 6.61 Å². The highest BCUT2D eigenvalue weighted by Gasteiger charge is 2.34. The summed E-state index contributed by atoms with van der Waals surface area (Å²) in [6.07, 6.45) is 9.54. The van der Waals surface area contributed by atoms with Crippen molar-refractivity contribution in [1.82, 2.24) is 4.98 Å². The molecule has 1 heterocycles. The van der Waals surface area contributed by atoms with Crippen molar-refractivity contribution >= 4 is 11.8 Å². The molecule has 2 aromatic rings. The summed E-state index contributed by atoms with van der Waals surface area (Å²) >= 11 is 0. The first-order valence-corrected chi connectivity index (χ1v) is 12.8. The van der Waals surface area contributed by atoms with Gasteiger partial charge >= 0.3 is 5.97 Å². The van der Waals surface area contributed by atoms with Crippen LogP contribution in [0.3, 0.4) is 0 Å². The number of fused-ring (bicyclic) bond motifs is 1. The molecule has 0 saturated heterocycles. The average Bonchev–Trinajstić information content (AvgIpc) is 3.17. The molecule has 1 aromatic carbocycles. The Morgan fingerprint density at radius 1 is 1.06 bits per heavy atom. The van der Waals surface area contributed by atoms with Crippen molar-refractivity contribution in [2.45, 2.75) is 96.8 Å². The van der Waals surface area contributed by atoms with Crippen LogP contribution in [0.5, 0.6) is 0 Å². The Morgan fingerprint density at radius 2 is 1.76 bits per heavy atom. The van der Waals surface area contributed by atoms with Gasteiger partial charge in [0.15, 0.2) is 5.78 Å². The predicted octanol–water partition coefficient (Wildman–Crippen LogP) is 6.91. The molecule has 0 amide bonds. The number of carbonyl (C=O) groups is 2. The zero-order valence-corrected chi connectivity index (χ0v) is 20.8. The molecule has 0 aliphatic heterocycles. The highest BCUT2D eigenvalue weighted by molar-refractivity contribution is 6.03. The van der Waals surface area contributed by atoms with E-state index in [0.29, 0.717) is 24.6 Å². The highest BCUT2D eigenvalue weighted by atomic mass is 16.5. The number of ketones is 1. The lowest BCUT2D eigenvalue weighted by atomic mass is 9.79. The average molecular weight is 450 g/mol. The minimum absolute atomic E-state index is 0.106. The van der Waals surface area contributed by atoms with E-state index >= 15 is 0 Å². The third-order valence-corrected chi connectivity index (χ3v) is 7.60. The monoisotopic (exact) mass is 449 g/mol. The number of aromatic nitrogens is 1. The Kier molecular flexibility index (Phi) is 7.11. The third kappa shape index (κ3) is 5.26. The van der Waals surface area contributed by atoms with E-state index in [0.717, 1.165) is 36.1 Å². The van der Waals surface area contributed by atoms with Crippen LogP contribution < -0.4 is 0 Å². The van der Waals surface area contributed by atoms with E-state index in [9.17, 15) is 9.59 Å². The number of benzene rings is 1. The van der Waals surface area contributed by atoms with Crippen molar-refractivity contribution in [3.8, 4) is 0 Å². The number of aromatic amines is 1. The molecule has 4 rings (SSSR count). The first kappa shape index (κ1) is 23.8. The SMILES string of the molecule is CCOC(=O)c1[nH]c2c(c1CCC1CCCCC1)C(=O)C[C@H](c1ccc(C(C)(C)C)cc1)C2. The van der Waals surface area contributed by atoms with Crippen LogP contribution in [0.2, 0.25) is 0 Å². The van der Waals surface area contributed by atoms with Crippen LogP contribution in [0.1, 0.15) is 122 Å². The normalized spacial score (nSPS) is 19.4. The molecule has 4 nitrogen and oxygen atoms in total. The van der Waals surface area contributed by atoms with Gasteiger partial charge in [0.1, 0.15) is 5.69 Å². The smallest absolute Gasteiger partial charge is 0.355 e. The maximum Gasteiger partial charge on any atom is 0.355 e. The van der Waals surface area contributed by atoms with Crippen molar-refractivity contribution in [3.05, 3.63) is 57.9 Å². The molecule has 0 bridgehead atoms. The topological polar surface area (TPSA) is 59.2 Å². The molecule has 0 unspecified atom stereocenters. The van der Waals surface area contributed by atoms with Crippen molar-refractivity contribution < 1.29 is 14.3 Å². The second kappa shape index (κ2) is 9.87. The number of esters is 1. The number of Topliss-reactive ketones (excluding diaryl/α,β-unsaturated/α-hetero) is 1. The molecule has 178 valence electrons. The van der Waals surface area contributed by atoms with Crippen LogP contribution in [-0.2, 0) is 23.0 Å². The molecule has 1 fully saturated rings. The summed E-state index contributed by atoms with van der Waals surface area (Å²) in [7, 11) is 0. The summed E-state index contributed by atoms with van der Waals surface area (Å²) in [6, 6.07) is 8.71. The van der Waals surface area contributed by atoms with Gasteiger partial charge < -0.3 is 9.72 Å². The largest absolute Gasteiger partial charge is 0.461 e.